The maximum Gasteiger partial charge on any atom is 0.309 e. The van der Waals surface area contributed by atoms with E-state index in [9.17, 15) is 0 Å². The van der Waals surface area contributed by atoms with Crippen LogP contribution in [0.15, 0.2) is 0 Å². The van der Waals surface area contributed by atoms with E-state index in [1.807, 2.05) is 0 Å². The molecular weight excluding hydrogens is 150 g/mol. The van der Waals surface area contributed by atoms with Gasteiger partial charge in [-0.15, -0.1) is 12.4 Å². The zero-order valence-electron chi connectivity index (χ0n) is 3.87. The van der Waals surface area contributed by atoms with E-state index in [0.717, 1.165) is 0 Å². The number of carbonyl (C=O) groups is 1. The zero-order chi connectivity index (χ0) is 6.28. The molecule has 0 aromatic rings. The maximum absolute atomic E-state index is 9.00. The number of hydrogen-bond acceptors (Lipinski definition) is 3. The van der Waals surface area contributed by atoms with Gasteiger partial charge in [-0.2, -0.15) is 5.26 Å². The molecule has 0 fully saturated rings. The number of thiocyanates is 1. The van der Waals surface area contributed by atoms with Crippen LogP contribution in [0.2, 0.25) is 0 Å². The lowest BCUT2D eigenvalue weighted by Crippen LogP contribution is -2.18. The molecule has 0 bridgehead atoms. The van der Waals surface area contributed by atoms with Crippen LogP contribution in [0, 0.1) is 10.7 Å². The number of nitrogens with zero attached hydrogens (tertiary/aromatic N) is 1. The minimum atomic E-state index is -0.833. The van der Waals surface area contributed by atoms with Crippen LogP contribution in [-0.4, -0.2) is 6.03 Å². The van der Waals surface area contributed by atoms with Crippen LogP contribution >= 0.6 is 25.0 Å². The van der Waals surface area contributed by atoms with Crippen molar-refractivity contribution in [2.45, 2.75) is 0 Å². The van der Waals surface area contributed by atoms with Crippen molar-refractivity contribution in [2.24, 2.45) is 11.5 Å². The topological polar surface area (TPSA) is 92.9 Å². The molecule has 0 aliphatic rings. The van der Waals surface area contributed by atoms with Gasteiger partial charge in [0.2, 0.25) is 0 Å². The highest BCUT2D eigenvalue weighted by atomic mass is 35.5. The van der Waals surface area contributed by atoms with Gasteiger partial charge in [0.25, 0.3) is 0 Å². The third-order valence-electron chi connectivity index (χ3n) is 0. The molecular formula is C2H6ClN3OS. The number of halogens is 1. The van der Waals surface area contributed by atoms with Gasteiger partial charge >= 0.3 is 6.03 Å². The Balaban J connectivity index is -0.0000000575. The predicted octanol–water partition coefficient (Wildman–Crippen LogP) is -0.157. The molecule has 4 nitrogen and oxygen atoms in total. The van der Waals surface area contributed by atoms with E-state index in [4.69, 9.17) is 10.1 Å². The molecule has 48 valence electrons. The highest BCUT2D eigenvalue weighted by Crippen LogP contribution is 1.46. The lowest BCUT2D eigenvalue weighted by atomic mass is 11.2. The molecule has 8 heavy (non-hydrogen) atoms. The molecule has 0 saturated carbocycles. The molecule has 0 spiro atoms. The molecule has 0 heterocycles. The number of carbonyl (C=O) groups excluding carboxylic acids is 1. The third-order valence-corrected chi connectivity index (χ3v) is 0. The fraction of sp³-hybridized carbons (Fsp3) is 0. The van der Waals surface area contributed by atoms with Crippen LogP contribution in [-0.2, 0) is 0 Å². The first-order valence-electron chi connectivity index (χ1n) is 1.23. The van der Waals surface area contributed by atoms with Crippen LogP contribution in [0.5, 0.6) is 0 Å². The summed E-state index contributed by atoms with van der Waals surface area (Å²) in [6, 6.07) is -0.833. The Kier molecular flexibility index (Phi) is 31.6. The fourth-order valence-corrected chi connectivity index (χ4v) is 0. The van der Waals surface area contributed by atoms with E-state index in [1.54, 1.807) is 0 Å². The molecule has 0 unspecified atom stereocenters. The van der Waals surface area contributed by atoms with Crippen molar-refractivity contribution < 1.29 is 4.79 Å². The smallest absolute Gasteiger partial charge is 0.309 e. The lowest BCUT2D eigenvalue weighted by Gasteiger charge is -1.62. The Morgan fingerprint density at radius 3 is 1.62 bits per heavy atom. The van der Waals surface area contributed by atoms with Gasteiger partial charge in [-0.25, -0.2) is 4.79 Å². The summed E-state index contributed by atoms with van der Waals surface area (Å²) in [7, 11) is 0. The molecule has 0 atom stereocenters. The van der Waals surface area contributed by atoms with Gasteiger partial charge in [0, 0.05) is 0 Å². The first-order chi connectivity index (χ1) is 3.15. The second-order valence-corrected chi connectivity index (χ2v) is 0.702. The van der Waals surface area contributed by atoms with Gasteiger partial charge in [0.1, 0.15) is 5.40 Å². The van der Waals surface area contributed by atoms with Gasteiger partial charge in [-0.1, -0.05) is 12.6 Å². The van der Waals surface area contributed by atoms with Gasteiger partial charge in [-0.3, -0.25) is 0 Å². The number of rotatable bonds is 0. The summed E-state index contributed by atoms with van der Waals surface area (Å²) in [6.07, 6.45) is 0. The quantitative estimate of drug-likeness (QED) is 0.335. The minimum absolute atomic E-state index is 0. The first kappa shape index (κ1) is 15.7. The molecule has 0 radical (unpaired) electrons. The van der Waals surface area contributed by atoms with Crippen molar-refractivity contribution >= 4 is 31.1 Å². The van der Waals surface area contributed by atoms with Crippen LogP contribution in [0.3, 0.4) is 0 Å². The second-order valence-electron chi connectivity index (χ2n) is 0.502. The fourth-order valence-electron chi connectivity index (χ4n) is 0. The Labute approximate surface area is 58.7 Å². The van der Waals surface area contributed by atoms with E-state index in [2.05, 4.69) is 24.1 Å². The lowest BCUT2D eigenvalue weighted by molar-refractivity contribution is 0.256. The van der Waals surface area contributed by atoms with Gasteiger partial charge < -0.3 is 11.5 Å². The van der Waals surface area contributed by atoms with Crippen LogP contribution < -0.4 is 11.5 Å². The molecule has 0 aliphatic heterocycles. The van der Waals surface area contributed by atoms with Crippen molar-refractivity contribution in [2.75, 3.05) is 0 Å². The molecule has 0 saturated heterocycles. The Morgan fingerprint density at radius 1 is 1.62 bits per heavy atom. The average molecular weight is 156 g/mol. The monoisotopic (exact) mass is 155 g/mol. The summed E-state index contributed by atoms with van der Waals surface area (Å²) < 4.78 is 0. The largest absolute Gasteiger partial charge is 0.352 e. The normalized spacial score (nSPS) is 4.00. The highest BCUT2D eigenvalue weighted by Gasteiger charge is 1.60. The van der Waals surface area contributed by atoms with Crippen molar-refractivity contribution in [3.8, 4) is 5.40 Å². The van der Waals surface area contributed by atoms with E-state index < -0.39 is 6.03 Å². The third kappa shape index (κ3) is 290. The minimum Gasteiger partial charge on any atom is -0.352 e. The van der Waals surface area contributed by atoms with Gasteiger partial charge in [0.05, 0.1) is 0 Å². The Morgan fingerprint density at radius 2 is 1.62 bits per heavy atom. The number of urea groups is 1. The number of hydrogen-bond donors (Lipinski definition) is 3. The SMILES string of the molecule is Cl.N#CS.NC(N)=O. The molecule has 0 aromatic carbocycles. The Bertz CT molecular complexity index is 85.8. The number of primary amides is 2. The summed E-state index contributed by atoms with van der Waals surface area (Å²) in [6.45, 7) is 0. The van der Waals surface area contributed by atoms with Gasteiger partial charge in [-0.05, 0) is 0 Å². The molecule has 4 N–H and O–H groups in total. The van der Waals surface area contributed by atoms with Crippen LogP contribution in [0.4, 0.5) is 4.79 Å². The van der Waals surface area contributed by atoms with Crippen molar-refractivity contribution in [1.29, 1.82) is 5.26 Å². The number of amides is 2. The van der Waals surface area contributed by atoms with Crippen LogP contribution in [0.1, 0.15) is 0 Å². The van der Waals surface area contributed by atoms with Crippen LogP contribution in [0.25, 0.3) is 0 Å². The maximum atomic E-state index is 9.00. The second kappa shape index (κ2) is 16.1. The average Bonchev–Trinajstić information content (AvgIpc) is 1.33. The Hall–Kier alpha value is -0.600. The summed E-state index contributed by atoms with van der Waals surface area (Å²) in [5.41, 5.74) is 8.50. The number of nitriles is 1. The van der Waals surface area contributed by atoms with E-state index in [-0.39, 0.29) is 12.4 Å². The summed E-state index contributed by atoms with van der Waals surface area (Å²) >= 11 is 3.09. The van der Waals surface area contributed by atoms with Crippen molar-refractivity contribution in [3.63, 3.8) is 0 Å². The first-order valence-corrected chi connectivity index (χ1v) is 1.68. The number of nitrogens with two attached hydrogens (primary N) is 2. The predicted molar refractivity (Wildman–Crippen MR) is 35.6 cm³/mol. The molecule has 2 amide bonds. The van der Waals surface area contributed by atoms with E-state index >= 15 is 0 Å². The summed E-state index contributed by atoms with van der Waals surface area (Å²) in [5.74, 6) is 0. The van der Waals surface area contributed by atoms with E-state index in [0.29, 0.717) is 0 Å². The molecule has 0 rings (SSSR count). The standard InChI is InChI=1S/CH4N2O.CHNS.ClH/c2-1(3)4;2-1-3;/h(H4,2,3,4);3H;1H. The molecule has 6 heteroatoms. The summed E-state index contributed by atoms with van der Waals surface area (Å²) in [4.78, 5) is 9.00. The van der Waals surface area contributed by atoms with E-state index in [1.165, 1.54) is 5.40 Å². The number of thiol groups is 1. The van der Waals surface area contributed by atoms with Crippen molar-refractivity contribution in [3.05, 3.63) is 0 Å². The molecule has 0 aliphatic carbocycles. The highest BCUT2D eigenvalue weighted by molar-refractivity contribution is 7.85. The van der Waals surface area contributed by atoms with Crippen molar-refractivity contribution in [1.82, 2.24) is 0 Å². The molecule has 0 aromatic heterocycles. The zero-order valence-corrected chi connectivity index (χ0v) is 5.58. The summed E-state index contributed by atoms with van der Waals surface area (Å²) in [5, 5.41) is 8.63. The van der Waals surface area contributed by atoms with Gasteiger partial charge in [0.15, 0.2) is 0 Å².